The van der Waals surface area contributed by atoms with E-state index in [0.717, 1.165) is 73.0 Å². The number of hydrogen-bond acceptors (Lipinski definition) is 6. The van der Waals surface area contributed by atoms with E-state index in [4.69, 9.17) is 0 Å². The molecule has 0 saturated heterocycles. The predicted molar refractivity (Wildman–Crippen MR) is 241 cm³/mol. The van der Waals surface area contributed by atoms with Gasteiger partial charge in [0.2, 0.25) is 0 Å². The van der Waals surface area contributed by atoms with Crippen LogP contribution in [0.4, 0.5) is 34.1 Å². The lowest BCUT2D eigenvalue weighted by atomic mass is 10.0. The van der Waals surface area contributed by atoms with Gasteiger partial charge in [-0.1, -0.05) is 115 Å². The molecule has 7 aromatic rings. The molecule has 1 unspecified atom stereocenters. The molecule has 0 bridgehead atoms. The largest absolute Gasteiger partial charge is 0.477 e. The maximum atomic E-state index is 11.5. The molecule has 8 rings (SSSR count). The molecule has 2 N–H and O–H groups in total. The molecule has 58 heavy (non-hydrogen) atoms. The molecule has 1 aromatic heterocycles. The van der Waals surface area contributed by atoms with Crippen molar-refractivity contribution in [2.24, 2.45) is 0 Å². The number of nitrogens with one attached hydrogen (secondary N) is 1. The molecular formula is C51H40N4O2S. The minimum absolute atomic E-state index is 0.0543. The van der Waals surface area contributed by atoms with E-state index in [2.05, 4.69) is 167 Å². The number of rotatable bonds is 12. The normalized spacial score (nSPS) is 14.0. The van der Waals surface area contributed by atoms with Gasteiger partial charge in [-0.05, 0) is 109 Å². The highest BCUT2D eigenvalue weighted by molar-refractivity contribution is 7.14. The zero-order chi connectivity index (χ0) is 39.8. The van der Waals surface area contributed by atoms with Crippen LogP contribution in [0.3, 0.4) is 0 Å². The van der Waals surface area contributed by atoms with Gasteiger partial charge in [-0.25, -0.2) is 4.79 Å². The number of allylic oxidation sites excluding steroid dienone is 3. The Bertz CT molecular complexity index is 2750. The number of fused-ring (bicyclic) bond motifs is 1. The molecule has 0 aliphatic carbocycles. The van der Waals surface area contributed by atoms with E-state index < -0.39 is 5.97 Å². The van der Waals surface area contributed by atoms with Crippen molar-refractivity contribution in [3.05, 3.63) is 208 Å². The van der Waals surface area contributed by atoms with E-state index in [-0.39, 0.29) is 11.6 Å². The van der Waals surface area contributed by atoms with Crippen molar-refractivity contribution in [2.45, 2.75) is 19.4 Å². The quantitative estimate of drug-likeness (QED) is 0.0731. The number of carboxylic acids is 1. The third-order valence-corrected chi connectivity index (χ3v) is 11.1. The molecule has 2 heterocycles. The van der Waals surface area contributed by atoms with Gasteiger partial charge >= 0.3 is 5.97 Å². The first-order chi connectivity index (χ1) is 28.5. The molecule has 7 heteroatoms. The third-order valence-electron chi connectivity index (χ3n) is 10.0. The van der Waals surface area contributed by atoms with Crippen LogP contribution in [0, 0.1) is 11.3 Å². The first-order valence-corrected chi connectivity index (χ1v) is 20.0. The maximum absolute atomic E-state index is 11.5. The van der Waals surface area contributed by atoms with Crippen LogP contribution in [0.15, 0.2) is 188 Å². The van der Waals surface area contributed by atoms with Crippen molar-refractivity contribution in [3.8, 4) is 6.07 Å². The van der Waals surface area contributed by atoms with Crippen LogP contribution in [0.2, 0.25) is 0 Å². The Morgan fingerprint density at radius 1 is 0.741 bits per heavy atom. The van der Waals surface area contributed by atoms with E-state index in [1.165, 1.54) is 17.4 Å². The smallest absolute Gasteiger partial charge is 0.346 e. The zero-order valence-electron chi connectivity index (χ0n) is 31.9. The van der Waals surface area contributed by atoms with Crippen molar-refractivity contribution in [3.63, 3.8) is 0 Å². The van der Waals surface area contributed by atoms with Gasteiger partial charge in [0.25, 0.3) is 0 Å². The minimum atomic E-state index is -1.24. The molecule has 0 saturated carbocycles. The van der Waals surface area contributed by atoms with Crippen LogP contribution in [-0.4, -0.2) is 11.1 Å². The molecule has 0 amide bonds. The Morgan fingerprint density at radius 3 is 2.16 bits per heavy atom. The number of aliphatic carboxylic acids is 1. The second kappa shape index (κ2) is 17.2. The Morgan fingerprint density at radius 2 is 1.41 bits per heavy atom. The number of para-hydroxylation sites is 2. The van der Waals surface area contributed by atoms with E-state index in [1.54, 1.807) is 6.07 Å². The number of benzene rings is 6. The van der Waals surface area contributed by atoms with Gasteiger partial charge in [0.1, 0.15) is 11.6 Å². The Balaban J connectivity index is 1.29. The lowest BCUT2D eigenvalue weighted by Crippen LogP contribution is -2.17. The minimum Gasteiger partial charge on any atom is -0.477 e. The average molecular weight is 773 g/mol. The predicted octanol–water partition coefficient (Wildman–Crippen LogP) is 13.5. The van der Waals surface area contributed by atoms with Crippen LogP contribution >= 0.6 is 11.3 Å². The number of carbonyl (C=O) groups is 1. The van der Waals surface area contributed by atoms with Gasteiger partial charge in [0.15, 0.2) is 0 Å². The highest BCUT2D eigenvalue weighted by Crippen LogP contribution is 2.45. The topological polar surface area (TPSA) is 79.6 Å². The Labute approximate surface area is 342 Å². The van der Waals surface area contributed by atoms with Crippen LogP contribution in [0.25, 0.3) is 28.6 Å². The van der Waals surface area contributed by atoms with E-state index in [1.807, 2.05) is 43.3 Å². The number of hydrogen-bond donors (Lipinski definition) is 2. The second-order valence-corrected chi connectivity index (χ2v) is 14.9. The van der Waals surface area contributed by atoms with E-state index in [0.29, 0.717) is 4.88 Å². The van der Waals surface area contributed by atoms with Gasteiger partial charge in [-0.3, -0.25) is 0 Å². The number of carboxylic acid groups (broad SMARTS) is 1. The summed E-state index contributed by atoms with van der Waals surface area (Å²) < 4.78 is 0. The average Bonchev–Trinajstić information content (AvgIpc) is 3.95. The lowest BCUT2D eigenvalue weighted by molar-refractivity contribution is -0.132. The van der Waals surface area contributed by atoms with Gasteiger partial charge in [-0.2, -0.15) is 5.26 Å². The molecule has 1 aliphatic rings. The molecule has 6 nitrogen and oxygen atoms in total. The first-order valence-electron chi connectivity index (χ1n) is 19.1. The highest BCUT2D eigenvalue weighted by atomic mass is 32.1. The van der Waals surface area contributed by atoms with Gasteiger partial charge in [0, 0.05) is 44.4 Å². The highest BCUT2D eigenvalue weighted by Gasteiger charge is 2.25. The summed E-state index contributed by atoms with van der Waals surface area (Å²) in [6, 6.07) is 57.0. The monoisotopic (exact) mass is 772 g/mol. The first kappa shape index (κ1) is 37.5. The summed E-state index contributed by atoms with van der Waals surface area (Å²) in [6.45, 7) is 2.01. The molecule has 1 atom stereocenters. The van der Waals surface area contributed by atoms with Crippen LogP contribution in [-0.2, 0) is 4.79 Å². The van der Waals surface area contributed by atoms with Crippen molar-refractivity contribution >= 4 is 80.1 Å². The van der Waals surface area contributed by atoms with Gasteiger partial charge < -0.3 is 20.2 Å². The van der Waals surface area contributed by atoms with Gasteiger partial charge in [-0.15, -0.1) is 11.3 Å². The van der Waals surface area contributed by atoms with Crippen LogP contribution < -0.4 is 15.1 Å². The number of anilines is 6. The molecule has 282 valence electrons. The number of nitrogens with zero attached hydrogens (tertiary/aromatic N) is 3. The molecular weight excluding hydrogens is 733 g/mol. The van der Waals surface area contributed by atoms with Crippen LogP contribution in [0.1, 0.15) is 40.3 Å². The van der Waals surface area contributed by atoms with Crippen LogP contribution in [0.5, 0.6) is 0 Å². The maximum Gasteiger partial charge on any atom is 0.346 e. The Hall–Kier alpha value is -7.40. The molecule has 0 fully saturated rings. The van der Waals surface area contributed by atoms with Crippen molar-refractivity contribution in [2.75, 3.05) is 9.80 Å². The molecule has 0 radical (unpaired) electrons. The summed E-state index contributed by atoms with van der Waals surface area (Å²) in [5, 5.41) is 24.9. The lowest BCUT2D eigenvalue weighted by Gasteiger charge is -2.31. The Kier molecular flexibility index (Phi) is 11.1. The fraction of sp³-hybridized carbons (Fsp3) is 0.0588. The molecule has 0 spiro atoms. The number of nitriles is 1. The van der Waals surface area contributed by atoms with Crippen molar-refractivity contribution in [1.82, 2.24) is 5.32 Å². The molecule has 6 aromatic carbocycles. The summed E-state index contributed by atoms with van der Waals surface area (Å²) in [5.41, 5.74) is 9.09. The van der Waals surface area contributed by atoms with E-state index >= 15 is 0 Å². The zero-order valence-corrected chi connectivity index (χ0v) is 32.7. The fourth-order valence-corrected chi connectivity index (χ4v) is 8.30. The summed E-state index contributed by atoms with van der Waals surface area (Å²) in [4.78, 5) is 17.9. The third kappa shape index (κ3) is 8.10. The molecule has 1 aliphatic heterocycles. The SMILES string of the molecule is C/C=C\C=C/c1cccc(N(c2ccccc2)c2cc(C3CC=C(c4ccc(/C=C(/C#N)C(=O)O)s4)N3)cc(N(c3ccccc3)c3cccc4ccccc34)c2)c1. The summed E-state index contributed by atoms with van der Waals surface area (Å²) >= 11 is 1.46. The van der Waals surface area contributed by atoms with Gasteiger partial charge in [0.05, 0.1) is 16.6 Å². The number of thiophene rings is 1. The summed E-state index contributed by atoms with van der Waals surface area (Å²) in [7, 11) is 0. The standard InChI is InChI=1S/C51H40N4O2S/c1-2-3-6-15-36-16-13-23-42(30-36)54(40-19-7-4-8-20-40)43-31-38(47-27-28-48(53-47)50-29-26-45(58-50)33-39(35-52)51(56)57)32-44(34-43)55(41-21-9-5-10-22-41)49-25-14-18-37-17-11-12-24-46(37)49/h2-26,28-34,47,53H,27H2,1H3,(H,56,57)/b3-2-,15-6-,39-33-. The fourth-order valence-electron chi connectivity index (χ4n) is 7.35. The van der Waals surface area contributed by atoms with E-state index in [9.17, 15) is 15.2 Å². The summed E-state index contributed by atoms with van der Waals surface area (Å²) in [5.74, 6) is -1.24. The summed E-state index contributed by atoms with van der Waals surface area (Å²) in [6.07, 6.45) is 12.6. The van der Waals surface area contributed by atoms with Crippen molar-refractivity contribution in [1.29, 1.82) is 5.26 Å². The second-order valence-electron chi connectivity index (χ2n) is 13.8. The van der Waals surface area contributed by atoms with Crippen molar-refractivity contribution < 1.29 is 9.90 Å².